The summed E-state index contributed by atoms with van der Waals surface area (Å²) < 4.78 is 39.0. The number of rotatable bonds is 8. The number of aryl methyl sites for hydroxylation is 1. The molecule has 7 nitrogen and oxygen atoms in total. The molecule has 2 heterocycles. The fourth-order valence-electron chi connectivity index (χ4n) is 4.00. The maximum atomic E-state index is 13.1. The Bertz CT molecular complexity index is 1310. The van der Waals surface area contributed by atoms with Crippen LogP contribution in [0.15, 0.2) is 79.9 Å². The third-order valence-electron chi connectivity index (χ3n) is 5.96. The first kappa shape index (κ1) is 25.5. The van der Waals surface area contributed by atoms with Gasteiger partial charge in [0.05, 0.1) is 11.4 Å². The van der Waals surface area contributed by atoms with Crippen LogP contribution < -0.4 is 10.2 Å². The van der Waals surface area contributed by atoms with Gasteiger partial charge in [0.15, 0.2) is 0 Å². The summed E-state index contributed by atoms with van der Waals surface area (Å²) in [4.78, 5) is 16.1. The van der Waals surface area contributed by atoms with Crippen LogP contribution in [-0.2, 0) is 23.2 Å². The average Bonchev–Trinajstić information content (AvgIpc) is 3.10. The highest BCUT2D eigenvalue weighted by Crippen LogP contribution is 2.20. The maximum absolute atomic E-state index is 13.1. The van der Waals surface area contributed by atoms with Crippen molar-refractivity contribution in [1.82, 2.24) is 9.21 Å². The highest BCUT2D eigenvalue weighted by atomic mass is 32.2. The summed E-state index contributed by atoms with van der Waals surface area (Å²) in [6, 6.07) is 16.4. The van der Waals surface area contributed by atoms with E-state index in [0.29, 0.717) is 49.8 Å². The highest BCUT2D eigenvalue weighted by Gasteiger charge is 2.27. The number of sulfonamides is 1. The van der Waals surface area contributed by atoms with Crippen LogP contribution in [0.5, 0.6) is 5.75 Å². The molecule has 0 unspecified atom stereocenters. The molecular formula is C26H30N2O5S2. The Morgan fingerprint density at radius 2 is 1.83 bits per heavy atom. The van der Waals surface area contributed by atoms with E-state index in [2.05, 4.69) is 4.90 Å². The van der Waals surface area contributed by atoms with Crippen molar-refractivity contribution < 1.29 is 17.6 Å². The van der Waals surface area contributed by atoms with Gasteiger partial charge in [0.1, 0.15) is 18.6 Å². The van der Waals surface area contributed by atoms with Gasteiger partial charge in [0.25, 0.3) is 0 Å². The van der Waals surface area contributed by atoms with Gasteiger partial charge in [-0.3, -0.25) is 9.69 Å². The third-order valence-corrected chi connectivity index (χ3v) is 8.60. The van der Waals surface area contributed by atoms with Gasteiger partial charge in [0.2, 0.25) is 21.2 Å². The Kier molecular flexibility index (Phi) is 8.33. The normalized spacial score (nSPS) is 15.6. The monoisotopic (exact) mass is 514 g/mol. The summed E-state index contributed by atoms with van der Waals surface area (Å²) in [6.07, 6.45) is 4.08. The van der Waals surface area contributed by atoms with Crippen molar-refractivity contribution in [2.75, 3.05) is 32.4 Å². The van der Waals surface area contributed by atoms with Crippen LogP contribution in [0, 0.1) is 6.92 Å². The Balaban J connectivity index is 1.34. The molecule has 1 saturated heterocycles. The Hall–Kier alpha value is -2.59. The quantitative estimate of drug-likeness (QED) is 0.418. The van der Waals surface area contributed by atoms with Crippen LogP contribution in [-0.4, -0.2) is 50.1 Å². The van der Waals surface area contributed by atoms with Gasteiger partial charge in [-0.15, -0.1) is 11.8 Å². The first-order valence-corrected chi connectivity index (χ1v) is 14.2. The molecule has 4 rings (SSSR count). The van der Waals surface area contributed by atoms with Crippen molar-refractivity contribution in [3.8, 4) is 5.75 Å². The fourth-order valence-corrected chi connectivity index (χ4v) is 5.98. The Labute approximate surface area is 210 Å². The molecule has 1 fully saturated rings. The minimum Gasteiger partial charge on any atom is -0.482 e. The van der Waals surface area contributed by atoms with Gasteiger partial charge < -0.3 is 9.15 Å². The van der Waals surface area contributed by atoms with Gasteiger partial charge >= 0.3 is 0 Å². The molecule has 1 aliphatic heterocycles. The SMILES string of the molecule is CSc1ccc(COc2coc(CN3CCCN(S(=O)(=O)c4cccc(C)c4)CC3)cc2=O)cc1. The van der Waals surface area contributed by atoms with Crippen LogP contribution in [0.2, 0.25) is 0 Å². The zero-order valence-corrected chi connectivity index (χ0v) is 21.6. The largest absolute Gasteiger partial charge is 0.482 e. The van der Waals surface area contributed by atoms with E-state index in [9.17, 15) is 13.2 Å². The molecule has 0 saturated carbocycles. The lowest BCUT2D eigenvalue weighted by atomic mass is 10.2. The molecule has 1 aliphatic rings. The minimum atomic E-state index is -3.53. The first-order valence-electron chi connectivity index (χ1n) is 11.5. The van der Waals surface area contributed by atoms with Crippen molar-refractivity contribution in [3.63, 3.8) is 0 Å². The van der Waals surface area contributed by atoms with Crippen LogP contribution >= 0.6 is 11.8 Å². The molecule has 0 N–H and O–H groups in total. The average molecular weight is 515 g/mol. The second kappa shape index (κ2) is 11.4. The molecule has 9 heteroatoms. The van der Waals surface area contributed by atoms with Crippen molar-refractivity contribution >= 4 is 21.8 Å². The molecule has 0 spiro atoms. The Morgan fingerprint density at radius 1 is 1.03 bits per heavy atom. The zero-order chi connectivity index (χ0) is 24.8. The molecule has 0 radical (unpaired) electrons. The van der Waals surface area contributed by atoms with Gasteiger partial charge in [-0.1, -0.05) is 24.3 Å². The smallest absolute Gasteiger partial charge is 0.243 e. The van der Waals surface area contributed by atoms with Crippen molar-refractivity contribution in [1.29, 1.82) is 0 Å². The molecule has 2 aromatic carbocycles. The van der Waals surface area contributed by atoms with Crippen molar-refractivity contribution in [2.24, 2.45) is 0 Å². The van der Waals surface area contributed by atoms with E-state index in [1.54, 1.807) is 34.3 Å². The second-order valence-electron chi connectivity index (χ2n) is 8.56. The van der Waals surface area contributed by atoms with Gasteiger partial charge in [-0.05, 0) is 61.5 Å². The predicted molar refractivity (Wildman–Crippen MR) is 137 cm³/mol. The molecule has 35 heavy (non-hydrogen) atoms. The lowest BCUT2D eigenvalue weighted by molar-refractivity contribution is 0.245. The fraction of sp³-hybridized carbons (Fsp3) is 0.346. The minimum absolute atomic E-state index is 0.175. The number of nitrogens with zero attached hydrogens (tertiary/aromatic N) is 2. The van der Waals surface area contributed by atoms with E-state index in [4.69, 9.17) is 9.15 Å². The topological polar surface area (TPSA) is 80.1 Å². The zero-order valence-electron chi connectivity index (χ0n) is 20.0. The van der Waals surface area contributed by atoms with E-state index in [-0.39, 0.29) is 17.8 Å². The lowest BCUT2D eigenvalue weighted by Gasteiger charge is -2.21. The molecule has 0 atom stereocenters. The second-order valence-corrected chi connectivity index (χ2v) is 11.4. The van der Waals surface area contributed by atoms with E-state index in [1.807, 2.05) is 43.5 Å². The first-order chi connectivity index (χ1) is 16.8. The summed E-state index contributed by atoms with van der Waals surface area (Å²) >= 11 is 1.67. The van der Waals surface area contributed by atoms with Crippen molar-refractivity contribution in [2.45, 2.75) is 36.3 Å². The molecule has 0 bridgehead atoms. The number of hydrogen-bond acceptors (Lipinski definition) is 7. The molecule has 186 valence electrons. The summed E-state index contributed by atoms with van der Waals surface area (Å²) in [5.74, 6) is 0.704. The number of ether oxygens (including phenoxy) is 1. The Morgan fingerprint density at radius 3 is 2.54 bits per heavy atom. The van der Waals surface area contributed by atoms with E-state index in [1.165, 1.54) is 17.2 Å². The lowest BCUT2D eigenvalue weighted by Crippen LogP contribution is -2.35. The molecule has 3 aromatic rings. The van der Waals surface area contributed by atoms with Crippen LogP contribution in [0.3, 0.4) is 0 Å². The molecule has 0 amide bonds. The summed E-state index contributed by atoms with van der Waals surface area (Å²) in [7, 11) is -3.53. The van der Waals surface area contributed by atoms with Crippen molar-refractivity contribution in [3.05, 3.63) is 88.0 Å². The summed E-state index contributed by atoms with van der Waals surface area (Å²) in [5, 5.41) is 0. The van der Waals surface area contributed by atoms with E-state index < -0.39 is 10.0 Å². The molecule has 1 aromatic heterocycles. The molecular weight excluding hydrogens is 484 g/mol. The van der Waals surface area contributed by atoms with Crippen LogP contribution in [0.25, 0.3) is 0 Å². The third kappa shape index (κ3) is 6.55. The van der Waals surface area contributed by atoms with Gasteiger partial charge in [-0.2, -0.15) is 4.31 Å². The van der Waals surface area contributed by atoms with Crippen LogP contribution in [0.4, 0.5) is 0 Å². The summed E-state index contributed by atoms with van der Waals surface area (Å²) in [6.45, 7) is 4.72. The van der Waals surface area contributed by atoms with Crippen LogP contribution in [0.1, 0.15) is 23.3 Å². The van der Waals surface area contributed by atoms with E-state index in [0.717, 1.165) is 11.1 Å². The number of hydrogen-bond donors (Lipinski definition) is 0. The van der Waals surface area contributed by atoms with Gasteiger partial charge in [0, 0.05) is 30.6 Å². The maximum Gasteiger partial charge on any atom is 0.243 e. The number of thioether (sulfide) groups is 1. The van der Waals surface area contributed by atoms with E-state index >= 15 is 0 Å². The predicted octanol–water partition coefficient (Wildman–Crippen LogP) is 4.15. The standard InChI is InChI=1S/C26H30N2O5S2/c1-20-5-3-6-24(15-20)35(30,31)28-12-4-11-27(13-14-28)17-22-16-25(29)26(19-32-22)33-18-21-7-9-23(34-2)10-8-21/h3,5-10,15-16,19H,4,11-14,17-18H2,1-2H3. The highest BCUT2D eigenvalue weighted by molar-refractivity contribution is 7.98. The molecule has 0 aliphatic carbocycles. The summed E-state index contributed by atoms with van der Waals surface area (Å²) in [5.41, 5.74) is 1.66. The number of benzene rings is 2. The van der Waals surface area contributed by atoms with Gasteiger partial charge in [-0.25, -0.2) is 8.42 Å².